The number of rotatable bonds is 8. The van der Waals surface area contributed by atoms with Gasteiger partial charge in [-0.25, -0.2) is 28.4 Å². The van der Waals surface area contributed by atoms with Crippen molar-refractivity contribution in [3.05, 3.63) is 53.0 Å². The number of pyridine rings is 1. The van der Waals surface area contributed by atoms with Crippen LogP contribution in [0.15, 0.2) is 46.9 Å². The van der Waals surface area contributed by atoms with Gasteiger partial charge < -0.3 is 21.3 Å². The minimum Gasteiger partial charge on any atom is -0.384 e. The Balaban J connectivity index is 1.47. The summed E-state index contributed by atoms with van der Waals surface area (Å²) in [6.07, 6.45) is 2.57. The lowest BCUT2D eigenvalue weighted by Gasteiger charge is -2.31. The lowest BCUT2D eigenvalue weighted by molar-refractivity contribution is 0.222. The van der Waals surface area contributed by atoms with E-state index in [9.17, 15) is 8.42 Å². The second-order valence-corrected chi connectivity index (χ2v) is 13.0. The van der Waals surface area contributed by atoms with Crippen LogP contribution < -0.4 is 16.4 Å². The van der Waals surface area contributed by atoms with Crippen LogP contribution in [0, 0.1) is 13.8 Å². The van der Waals surface area contributed by atoms with Crippen molar-refractivity contribution in [2.24, 2.45) is 0 Å². The van der Waals surface area contributed by atoms with Crippen LogP contribution in [0.2, 0.25) is 0 Å². The fraction of sp³-hybridized carbons (Fsp3) is 0.357. The Labute approximate surface area is 244 Å². The van der Waals surface area contributed by atoms with E-state index < -0.39 is 10.0 Å². The maximum absolute atomic E-state index is 13.3. The summed E-state index contributed by atoms with van der Waals surface area (Å²) in [5, 5.41) is 2.79. The average molecular weight is 594 g/mol. The summed E-state index contributed by atoms with van der Waals surface area (Å²) in [7, 11) is -1.65. The van der Waals surface area contributed by atoms with Gasteiger partial charge in [0, 0.05) is 61.6 Å². The van der Waals surface area contributed by atoms with Gasteiger partial charge in [0.25, 0.3) is 10.0 Å². The highest BCUT2D eigenvalue weighted by Crippen LogP contribution is 2.36. The van der Waals surface area contributed by atoms with E-state index in [-0.39, 0.29) is 5.03 Å². The number of hydrogen-bond acceptors (Lipinski definition) is 11. The Morgan fingerprint density at radius 2 is 1.68 bits per heavy atom. The zero-order chi connectivity index (χ0) is 29.3. The number of anilines is 4. The average Bonchev–Trinajstić information content (AvgIpc) is 3.42. The summed E-state index contributed by atoms with van der Waals surface area (Å²) in [4.78, 5) is 22.1. The molecule has 3 aromatic heterocycles. The standard InChI is InChI=1S/C28H35N9O2S2/c1-5-8-37(28-32-22(17-40-28)27-33-24(29)15-25(30)34-27)23-14-20(7-6-18(23)2)21-16-31-26(13-19(21)3)41(38,39)36-11-9-35(4)10-12-36/h6-7,13-17H,5,8-12H2,1-4H3,(H4,29,30,33,34). The zero-order valence-corrected chi connectivity index (χ0v) is 25.3. The first kappa shape index (κ1) is 28.9. The van der Waals surface area contributed by atoms with Gasteiger partial charge in [-0.15, -0.1) is 11.3 Å². The quantitative estimate of drug-likeness (QED) is 0.308. The van der Waals surface area contributed by atoms with E-state index in [1.165, 1.54) is 21.7 Å². The van der Waals surface area contributed by atoms with Crippen LogP contribution in [0.4, 0.5) is 22.5 Å². The number of hydrogen-bond donors (Lipinski definition) is 2. The van der Waals surface area contributed by atoms with E-state index >= 15 is 0 Å². The number of piperazine rings is 1. The van der Waals surface area contributed by atoms with Crippen molar-refractivity contribution in [2.45, 2.75) is 32.2 Å². The maximum atomic E-state index is 13.3. The molecule has 0 unspecified atom stereocenters. The van der Waals surface area contributed by atoms with Crippen LogP contribution >= 0.6 is 11.3 Å². The predicted octanol–water partition coefficient (Wildman–Crippen LogP) is 3.93. The van der Waals surface area contributed by atoms with Gasteiger partial charge in [0.05, 0.1) is 0 Å². The van der Waals surface area contributed by atoms with Crippen LogP contribution in [-0.4, -0.2) is 77.3 Å². The molecule has 1 aliphatic heterocycles. The molecule has 0 spiro atoms. The topological polar surface area (TPSA) is 147 Å². The Bertz CT molecular complexity index is 1640. The third-order valence-corrected chi connectivity index (χ3v) is 9.79. The van der Waals surface area contributed by atoms with E-state index in [1.54, 1.807) is 12.3 Å². The third-order valence-electron chi connectivity index (χ3n) is 7.13. The molecule has 1 aromatic carbocycles. The summed E-state index contributed by atoms with van der Waals surface area (Å²) in [5.74, 6) is 0.977. The molecule has 4 aromatic rings. The lowest BCUT2D eigenvalue weighted by atomic mass is 10.0. The van der Waals surface area contributed by atoms with Crippen molar-refractivity contribution in [1.82, 2.24) is 29.1 Å². The zero-order valence-electron chi connectivity index (χ0n) is 23.7. The van der Waals surface area contributed by atoms with Crippen LogP contribution in [0.1, 0.15) is 24.5 Å². The maximum Gasteiger partial charge on any atom is 0.260 e. The molecule has 4 heterocycles. The molecule has 0 aliphatic carbocycles. The highest BCUT2D eigenvalue weighted by molar-refractivity contribution is 7.89. The van der Waals surface area contributed by atoms with Gasteiger partial charge in [-0.2, -0.15) is 4.31 Å². The van der Waals surface area contributed by atoms with Crippen molar-refractivity contribution < 1.29 is 8.42 Å². The fourth-order valence-electron chi connectivity index (χ4n) is 4.84. The largest absolute Gasteiger partial charge is 0.384 e. The SMILES string of the molecule is CCCN(c1nc(-c2nc(N)cc(N)n2)cs1)c1cc(-c2cnc(S(=O)(=O)N3CCN(C)CC3)cc2C)ccc1C. The molecular formula is C28H35N9O2S2. The molecule has 1 aliphatic rings. The van der Waals surface area contributed by atoms with Crippen LogP contribution in [0.5, 0.6) is 0 Å². The number of nitrogens with zero attached hydrogens (tertiary/aromatic N) is 7. The molecule has 13 heteroatoms. The van der Waals surface area contributed by atoms with E-state index in [0.29, 0.717) is 49.3 Å². The molecule has 0 saturated carbocycles. The second-order valence-electron chi connectivity index (χ2n) is 10.3. The van der Waals surface area contributed by atoms with Crippen molar-refractivity contribution >= 4 is 43.8 Å². The van der Waals surface area contributed by atoms with Gasteiger partial charge in [0.2, 0.25) is 0 Å². The van der Waals surface area contributed by atoms with Crippen LogP contribution in [0.25, 0.3) is 22.6 Å². The number of nitrogens with two attached hydrogens (primary N) is 2. The van der Waals surface area contributed by atoms with E-state index in [1.807, 2.05) is 25.4 Å². The van der Waals surface area contributed by atoms with Gasteiger partial charge in [0.15, 0.2) is 16.0 Å². The highest BCUT2D eigenvalue weighted by atomic mass is 32.2. The smallest absolute Gasteiger partial charge is 0.260 e. The Morgan fingerprint density at radius 3 is 2.34 bits per heavy atom. The minimum absolute atomic E-state index is 0.0861. The fourth-order valence-corrected chi connectivity index (χ4v) is 7.10. The monoisotopic (exact) mass is 593 g/mol. The van der Waals surface area contributed by atoms with Gasteiger partial charge in [-0.1, -0.05) is 19.1 Å². The first-order valence-electron chi connectivity index (χ1n) is 13.5. The van der Waals surface area contributed by atoms with E-state index in [2.05, 4.69) is 50.7 Å². The molecule has 1 fully saturated rings. The van der Waals surface area contributed by atoms with Gasteiger partial charge in [-0.05, 0) is 56.1 Å². The van der Waals surface area contributed by atoms with Crippen LogP contribution in [0.3, 0.4) is 0 Å². The Kier molecular flexibility index (Phi) is 8.23. The molecular weight excluding hydrogens is 559 g/mol. The number of nitrogen functional groups attached to an aromatic ring is 2. The van der Waals surface area contributed by atoms with Crippen molar-refractivity contribution in [3.63, 3.8) is 0 Å². The Hall–Kier alpha value is -3.65. The number of sulfonamides is 1. The normalized spacial score (nSPS) is 14.8. The number of benzene rings is 1. The number of aromatic nitrogens is 4. The van der Waals surface area contributed by atoms with Crippen molar-refractivity contribution in [1.29, 1.82) is 0 Å². The minimum atomic E-state index is -3.65. The summed E-state index contributed by atoms with van der Waals surface area (Å²) in [6.45, 7) is 9.20. The van der Waals surface area contributed by atoms with Gasteiger partial charge in [-0.3, -0.25) is 0 Å². The second kappa shape index (κ2) is 11.7. The van der Waals surface area contributed by atoms with Crippen molar-refractivity contribution in [3.8, 4) is 22.6 Å². The van der Waals surface area contributed by atoms with E-state index in [4.69, 9.17) is 16.5 Å². The van der Waals surface area contributed by atoms with Gasteiger partial charge in [0.1, 0.15) is 17.3 Å². The first-order valence-corrected chi connectivity index (χ1v) is 15.8. The molecule has 216 valence electrons. The van der Waals surface area contributed by atoms with E-state index in [0.717, 1.165) is 46.0 Å². The molecule has 41 heavy (non-hydrogen) atoms. The number of thiazole rings is 1. The molecule has 4 N–H and O–H groups in total. The van der Waals surface area contributed by atoms with Crippen LogP contribution in [-0.2, 0) is 10.0 Å². The molecule has 0 atom stereocenters. The Morgan fingerprint density at radius 1 is 0.976 bits per heavy atom. The molecule has 0 radical (unpaired) electrons. The summed E-state index contributed by atoms with van der Waals surface area (Å²) in [6, 6.07) is 9.41. The van der Waals surface area contributed by atoms with Gasteiger partial charge >= 0.3 is 0 Å². The molecule has 0 amide bonds. The molecule has 0 bridgehead atoms. The summed E-state index contributed by atoms with van der Waals surface area (Å²) in [5.41, 5.74) is 17.1. The molecule has 5 rings (SSSR count). The molecule has 11 nitrogen and oxygen atoms in total. The first-order chi connectivity index (χ1) is 19.6. The third kappa shape index (κ3) is 6.03. The van der Waals surface area contributed by atoms with Crippen molar-refractivity contribution in [2.75, 3.05) is 56.1 Å². The lowest BCUT2D eigenvalue weighted by Crippen LogP contribution is -2.47. The summed E-state index contributed by atoms with van der Waals surface area (Å²) < 4.78 is 28.0. The predicted molar refractivity (Wildman–Crippen MR) is 165 cm³/mol. The number of aryl methyl sites for hydroxylation is 2. The molecule has 1 saturated heterocycles. The number of likely N-dealkylation sites (N-methyl/N-ethyl adjacent to an activating group) is 1. The summed E-state index contributed by atoms with van der Waals surface area (Å²) >= 11 is 1.50. The highest BCUT2D eigenvalue weighted by Gasteiger charge is 2.29.